The minimum atomic E-state index is -0.435. The number of rotatable bonds is 2. The van der Waals surface area contributed by atoms with Gasteiger partial charge in [-0.15, -0.1) is 0 Å². The standard InChI is InChI=1S/C19H21NO3/c21-11-13-9-14-5-3-4-8-19(14)12-20(18(23)15(19)10-13)16-6-1-2-7-17(16)22/h3-5,9-11,16-17,22H,1-2,6-8,12H2/t16-,17-,19?/m0/s1. The molecule has 23 heavy (non-hydrogen) atoms. The van der Waals surface area contributed by atoms with Crippen molar-refractivity contribution in [2.75, 3.05) is 6.54 Å². The van der Waals surface area contributed by atoms with Crippen molar-refractivity contribution in [3.63, 3.8) is 0 Å². The predicted molar refractivity (Wildman–Crippen MR) is 86.5 cm³/mol. The molecule has 2 fully saturated rings. The smallest absolute Gasteiger partial charge is 0.251 e. The zero-order valence-electron chi connectivity index (χ0n) is 13.1. The highest BCUT2D eigenvalue weighted by atomic mass is 16.3. The fourth-order valence-corrected chi connectivity index (χ4v) is 4.51. The molecule has 1 aliphatic heterocycles. The Morgan fingerprint density at radius 2 is 2.09 bits per heavy atom. The van der Waals surface area contributed by atoms with Gasteiger partial charge in [0.05, 0.1) is 12.1 Å². The molecule has 0 radical (unpaired) electrons. The highest BCUT2D eigenvalue weighted by molar-refractivity contribution is 6.02. The van der Waals surface area contributed by atoms with Gasteiger partial charge >= 0.3 is 0 Å². The van der Waals surface area contributed by atoms with Crippen LogP contribution in [-0.2, 0) is 9.59 Å². The van der Waals surface area contributed by atoms with E-state index in [1.54, 1.807) is 6.08 Å². The number of likely N-dealkylation sites (tertiary alicyclic amines) is 1. The van der Waals surface area contributed by atoms with E-state index in [0.29, 0.717) is 12.1 Å². The molecule has 1 saturated heterocycles. The summed E-state index contributed by atoms with van der Waals surface area (Å²) in [5.41, 5.74) is 1.97. The molecule has 3 atom stereocenters. The lowest BCUT2D eigenvalue weighted by Gasteiger charge is -2.38. The molecule has 4 heteroatoms. The third-order valence-electron chi connectivity index (χ3n) is 5.74. The molecule has 3 aliphatic carbocycles. The zero-order valence-corrected chi connectivity index (χ0v) is 13.1. The summed E-state index contributed by atoms with van der Waals surface area (Å²) in [7, 11) is 0. The van der Waals surface area contributed by atoms with Gasteiger partial charge in [0.25, 0.3) is 5.91 Å². The number of hydrogen-bond donors (Lipinski definition) is 1. The SMILES string of the molecule is O=CC1=CC2=CC=CCC23CN([C@H]2CCCC[C@@H]2O)C(=O)C3=C1. The van der Waals surface area contributed by atoms with Crippen LogP contribution in [0.3, 0.4) is 0 Å². The van der Waals surface area contributed by atoms with E-state index >= 15 is 0 Å². The van der Waals surface area contributed by atoms with Gasteiger partial charge in [0.1, 0.15) is 6.29 Å². The lowest BCUT2D eigenvalue weighted by molar-refractivity contribution is -0.130. The summed E-state index contributed by atoms with van der Waals surface area (Å²) < 4.78 is 0. The maximum Gasteiger partial charge on any atom is 0.251 e. The second-order valence-electron chi connectivity index (χ2n) is 7.01. The Bertz CT molecular complexity index is 685. The molecule has 1 saturated carbocycles. The fraction of sp³-hybridized carbons (Fsp3) is 0.474. The van der Waals surface area contributed by atoms with Crippen molar-refractivity contribution < 1.29 is 14.7 Å². The molecule has 0 aromatic rings. The maximum atomic E-state index is 13.0. The first-order chi connectivity index (χ1) is 11.2. The number of amides is 1. The van der Waals surface area contributed by atoms with Gasteiger partial charge in [0.2, 0.25) is 0 Å². The third-order valence-corrected chi connectivity index (χ3v) is 5.74. The molecule has 1 unspecified atom stereocenters. The summed E-state index contributed by atoms with van der Waals surface area (Å²) in [6.07, 6.45) is 14.6. The summed E-state index contributed by atoms with van der Waals surface area (Å²) >= 11 is 0. The zero-order chi connectivity index (χ0) is 16.0. The van der Waals surface area contributed by atoms with Crippen molar-refractivity contribution in [3.05, 3.63) is 47.1 Å². The molecule has 4 aliphatic rings. The highest BCUT2D eigenvalue weighted by Gasteiger charge is 2.53. The molecule has 0 aromatic heterocycles. The first kappa shape index (κ1) is 14.6. The van der Waals surface area contributed by atoms with Crippen LogP contribution in [0.15, 0.2) is 47.1 Å². The highest BCUT2D eigenvalue weighted by Crippen LogP contribution is 2.51. The summed E-state index contributed by atoms with van der Waals surface area (Å²) in [4.78, 5) is 26.2. The van der Waals surface area contributed by atoms with E-state index in [4.69, 9.17) is 0 Å². The topological polar surface area (TPSA) is 57.6 Å². The van der Waals surface area contributed by atoms with Gasteiger partial charge < -0.3 is 10.0 Å². The molecule has 1 spiro atoms. The van der Waals surface area contributed by atoms with Crippen LogP contribution in [-0.4, -0.2) is 40.9 Å². The van der Waals surface area contributed by atoms with E-state index in [9.17, 15) is 14.7 Å². The second kappa shape index (κ2) is 5.31. The molecular weight excluding hydrogens is 290 g/mol. The van der Waals surface area contributed by atoms with Crippen LogP contribution in [0, 0.1) is 5.41 Å². The molecule has 4 rings (SSSR count). The Balaban J connectivity index is 1.75. The summed E-state index contributed by atoms with van der Waals surface area (Å²) in [5.74, 6) is -0.00963. The molecule has 1 N–H and O–H groups in total. The molecule has 0 aromatic carbocycles. The molecule has 1 heterocycles. The van der Waals surface area contributed by atoms with Crippen molar-refractivity contribution in [2.24, 2.45) is 5.41 Å². The average molecular weight is 311 g/mol. The lowest BCUT2D eigenvalue weighted by Crippen LogP contribution is -2.47. The second-order valence-corrected chi connectivity index (χ2v) is 7.01. The number of carbonyl (C=O) groups excluding carboxylic acids is 2. The fourth-order valence-electron chi connectivity index (χ4n) is 4.51. The normalized spacial score (nSPS) is 36.0. The van der Waals surface area contributed by atoms with E-state index < -0.39 is 6.10 Å². The van der Waals surface area contributed by atoms with Gasteiger partial charge in [-0.25, -0.2) is 0 Å². The third kappa shape index (κ3) is 2.08. The lowest BCUT2D eigenvalue weighted by atomic mass is 9.68. The Labute approximate surface area is 135 Å². The summed E-state index contributed by atoms with van der Waals surface area (Å²) in [5, 5.41) is 10.4. The van der Waals surface area contributed by atoms with Crippen LogP contribution < -0.4 is 0 Å². The van der Waals surface area contributed by atoms with Crippen molar-refractivity contribution in [3.8, 4) is 0 Å². The number of carbonyl (C=O) groups is 2. The minimum Gasteiger partial charge on any atom is -0.391 e. The minimum absolute atomic E-state index is 0.00963. The predicted octanol–water partition coefficient (Wildman–Crippen LogP) is 2.07. The van der Waals surface area contributed by atoms with Crippen LogP contribution in [0.4, 0.5) is 0 Å². The number of aliphatic hydroxyl groups excluding tert-OH is 1. The van der Waals surface area contributed by atoms with Crippen molar-refractivity contribution >= 4 is 12.2 Å². The van der Waals surface area contributed by atoms with Crippen molar-refractivity contribution in [1.29, 1.82) is 0 Å². The molecule has 1 amide bonds. The van der Waals surface area contributed by atoms with Gasteiger partial charge in [-0.3, -0.25) is 9.59 Å². The van der Waals surface area contributed by atoms with Gasteiger partial charge in [-0.1, -0.05) is 31.1 Å². The van der Waals surface area contributed by atoms with Crippen LogP contribution in [0.2, 0.25) is 0 Å². The quantitative estimate of drug-likeness (QED) is 0.794. The van der Waals surface area contributed by atoms with Crippen molar-refractivity contribution in [1.82, 2.24) is 4.90 Å². The van der Waals surface area contributed by atoms with E-state index in [-0.39, 0.29) is 17.4 Å². The number of aliphatic hydroxyl groups is 1. The van der Waals surface area contributed by atoms with Crippen LogP contribution in [0.25, 0.3) is 0 Å². The number of allylic oxidation sites excluding steroid dienone is 6. The Kier molecular flexibility index (Phi) is 3.38. The van der Waals surface area contributed by atoms with E-state index in [1.807, 2.05) is 23.1 Å². The molecule has 0 bridgehead atoms. The van der Waals surface area contributed by atoms with Crippen molar-refractivity contribution in [2.45, 2.75) is 44.2 Å². The van der Waals surface area contributed by atoms with Gasteiger partial charge in [-0.2, -0.15) is 0 Å². The summed E-state index contributed by atoms with van der Waals surface area (Å²) in [6.45, 7) is 0.609. The number of nitrogens with zero attached hydrogens (tertiary/aromatic N) is 1. The van der Waals surface area contributed by atoms with E-state index in [0.717, 1.165) is 49.5 Å². The van der Waals surface area contributed by atoms with Gasteiger partial charge in [-0.05, 0) is 37.0 Å². The molecule has 120 valence electrons. The van der Waals surface area contributed by atoms with Gasteiger partial charge in [0.15, 0.2) is 0 Å². The van der Waals surface area contributed by atoms with Gasteiger partial charge in [0, 0.05) is 23.1 Å². The Morgan fingerprint density at radius 1 is 1.26 bits per heavy atom. The number of hydrogen-bond acceptors (Lipinski definition) is 3. The van der Waals surface area contributed by atoms with Crippen LogP contribution >= 0.6 is 0 Å². The number of aldehydes is 1. The Morgan fingerprint density at radius 3 is 2.87 bits per heavy atom. The largest absolute Gasteiger partial charge is 0.391 e. The van der Waals surface area contributed by atoms with E-state index in [1.165, 1.54) is 0 Å². The first-order valence-corrected chi connectivity index (χ1v) is 8.41. The maximum absolute atomic E-state index is 13.0. The first-order valence-electron chi connectivity index (χ1n) is 8.41. The Hall–Kier alpha value is -1.94. The monoisotopic (exact) mass is 311 g/mol. The van der Waals surface area contributed by atoms with E-state index in [2.05, 4.69) is 6.08 Å². The summed E-state index contributed by atoms with van der Waals surface area (Å²) in [6, 6.07) is -0.0936. The van der Waals surface area contributed by atoms with Crippen LogP contribution in [0.1, 0.15) is 32.1 Å². The molecular formula is C19H21NO3. The average Bonchev–Trinajstić information content (AvgIpc) is 2.86. The van der Waals surface area contributed by atoms with Crippen LogP contribution in [0.5, 0.6) is 0 Å². The molecule has 4 nitrogen and oxygen atoms in total.